The van der Waals surface area contributed by atoms with Crippen LogP contribution in [0.2, 0.25) is 0 Å². The molecule has 4 heteroatoms. The molecule has 0 unspecified atom stereocenters. The summed E-state index contributed by atoms with van der Waals surface area (Å²) < 4.78 is 5.14. The molecule has 0 amide bonds. The van der Waals surface area contributed by atoms with E-state index in [2.05, 4.69) is 29.0 Å². The zero-order valence-electron chi connectivity index (χ0n) is 8.14. The summed E-state index contributed by atoms with van der Waals surface area (Å²) in [5.41, 5.74) is 1.88. The van der Waals surface area contributed by atoms with E-state index in [1.807, 2.05) is 6.07 Å². The van der Waals surface area contributed by atoms with Crippen molar-refractivity contribution in [1.82, 2.24) is 15.2 Å². The second kappa shape index (κ2) is 3.57. The predicted octanol–water partition coefficient (Wildman–Crippen LogP) is 2.25. The maximum atomic E-state index is 5.14. The molecule has 0 radical (unpaired) electrons. The van der Waals surface area contributed by atoms with Gasteiger partial charge in [-0.2, -0.15) is 5.10 Å². The van der Waals surface area contributed by atoms with Gasteiger partial charge >= 0.3 is 0 Å². The van der Waals surface area contributed by atoms with Crippen molar-refractivity contribution in [1.29, 1.82) is 0 Å². The van der Waals surface area contributed by atoms with Gasteiger partial charge in [-0.15, -0.1) is 5.10 Å². The van der Waals surface area contributed by atoms with Crippen LogP contribution in [-0.4, -0.2) is 15.2 Å². The summed E-state index contributed by atoms with van der Waals surface area (Å²) in [6.45, 7) is 4.22. The van der Waals surface area contributed by atoms with Crippen molar-refractivity contribution >= 4 is 0 Å². The van der Waals surface area contributed by atoms with E-state index in [9.17, 15) is 0 Å². The van der Waals surface area contributed by atoms with Crippen molar-refractivity contribution < 1.29 is 4.42 Å². The molecule has 2 aromatic rings. The van der Waals surface area contributed by atoms with Gasteiger partial charge in [0.2, 0.25) is 0 Å². The molecule has 0 aromatic carbocycles. The largest absolute Gasteiger partial charge is 0.442 e. The second-order valence-corrected chi connectivity index (χ2v) is 3.39. The highest BCUT2D eigenvalue weighted by Crippen LogP contribution is 2.19. The van der Waals surface area contributed by atoms with Crippen molar-refractivity contribution in [2.75, 3.05) is 0 Å². The Hall–Kier alpha value is -1.71. The van der Waals surface area contributed by atoms with Crippen LogP contribution in [0.5, 0.6) is 0 Å². The Morgan fingerprint density at radius 3 is 2.79 bits per heavy atom. The molecule has 0 N–H and O–H groups in total. The summed E-state index contributed by atoms with van der Waals surface area (Å²) in [5, 5.41) is 7.90. The van der Waals surface area contributed by atoms with Gasteiger partial charge in [-0.1, -0.05) is 13.8 Å². The van der Waals surface area contributed by atoms with Gasteiger partial charge in [0.15, 0.2) is 12.2 Å². The average molecular weight is 189 g/mol. The molecule has 0 bridgehead atoms. The number of aromatic nitrogens is 3. The first kappa shape index (κ1) is 8.87. The van der Waals surface area contributed by atoms with Gasteiger partial charge in [0.05, 0.1) is 12.4 Å². The lowest BCUT2D eigenvalue weighted by Crippen LogP contribution is -1.93. The van der Waals surface area contributed by atoms with E-state index in [0.29, 0.717) is 11.7 Å². The zero-order valence-corrected chi connectivity index (χ0v) is 8.14. The summed E-state index contributed by atoms with van der Waals surface area (Å²) in [6, 6.07) is 1.97. The SMILES string of the molecule is CC(C)c1cnnc(-c2cnco2)c1. The molecule has 0 aliphatic heterocycles. The van der Waals surface area contributed by atoms with Crippen molar-refractivity contribution in [2.45, 2.75) is 19.8 Å². The van der Waals surface area contributed by atoms with Crippen LogP contribution in [0.25, 0.3) is 11.5 Å². The van der Waals surface area contributed by atoms with E-state index in [4.69, 9.17) is 4.42 Å². The number of oxazole rings is 1. The topological polar surface area (TPSA) is 51.8 Å². The predicted molar refractivity (Wildman–Crippen MR) is 51.6 cm³/mol. The summed E-state index contributed by atoms with van der Waals surface area (Å²) >= 11 is 0. The van der Waals surface area contributed by atoms with Crippen LogP contribution < -0.4 is 0 Å². The molecule has 0 saturated carbocycles. The van der Waals surface area contributed by atoms with Crippen molar-refractivity contribution in [3.8, 4) is 11.5 Å². The molecular weight excluding hydrogens is 178 g/mol. The van der Waals surface area contributed by atoms with E-state index >= 15 is 0 Å². The van der Waals surface area contributed by atoms with Crippen LogP contribution in [0, 0.1) is 0 Å². The molecule has 2 heterocycles. The van der Waals surface area contributed by atoms with E-state index in [0.717, 1.165) is 11.3 Å². The van der Waals surface area contributed by atoms with Crippen molar-refractivity contribution in [3.63, 3.8) is 0 Å². The Balaban J connectivity index is 2.41. The molecule has 0 aliphatic rings. The van der Waals surface area contributed by atoms with E-state index in [1.54, 1.807) is 12.4 Å². The Bertz CT molecular complexity index is 409. The highest BCUT2D eigenvalue weighted by molar-refractivity contribution is 5.50. The Kier molecular flexibility index (Phi) is 2.26. The number of rotatable bonds is 2. The lowest BCUT2D eigenvalue weighted by molar-refractivity contribution is 0.568. The first-order valence-corrected chi connectivity index (χ1v) is 4.49. The van der Waals surface area contributed by atoms with Crippen LogP contribution in [0.4, 0.5) is 0 Å². The standard InChI is InChI=1S/C10H11N3O/c1-7(2)8-3-9(13-12-4-8)10-5-11-6-14-10/h3-7H,1-2H3. The lowest BCUT2D eigenvalue weighted by atomic mass is 10.1. The van der Waals surface area contributed by atoms with Crippen LogP contribution in [0.3, 0.4) is 0 Å². The third-order valence-electron chi connectivity index (χ3n) is 2.03. The van der Waals surface area contributed by atoms with Crippen LogP contribution in [-0.2, 0) is 0 Å². The quantitative estimate of drug-likeness (QED) is 0.727. The molecule has 14 heavy (non-hydrogen) atoms. The van der Waals surface area contributed by atoms with Gasteiger partial charge in [0.1, 0.15) is 5.69 Å². The molecule has 0 aliphatic carbocycles. The van der Waals surface area contributed by atoms with Crippen LogP contribution in [0.1, 0.15) is 25.3 Å². The first-order valence-electron chi connectivity index (χ1n) is 4.49. The monoisotopic (exact) mass is 189 g/mol. The normalized spacial score (nSPS) is 10.8. The molecule has 0 fully saturated rings. The Morgan fingerprint density at radius 1 is 1.29 bits per heavy atom. The zero-order chi connectivity index (χ0) is 9.97. The fourth-order valence-corrected chi connectivity index (χ4v) is 1.16. The highest BCUT2D eigenvalue weighted by atomic mass is 16.3. The van der Waals surface area contributed by atoms with Gasteiger partial charge in [0, 0.05) is 0 Å². The first-order chi connectivity index (χ1) is 6.77. The Labute approximate surface area is 82.0 Å². The van der Waals surface area contributed by atoms with Gasteiger partial charge < -0.3 is 4.42 Å². The van der Waals surface area contributed by atoms with Gasteiger partial charge in [-0.3, -0.25) is 0 Å². The maximum Gasteiger partial charge on any atom is 0.181 e. The van der Waals surface area contributed by atoms with Gasteiger partial charge in [-0.05, 0) is 17.5 Å². The third-order valence-corrected chi connectivity index (χ3v) is 2.03. The van der Waals surface area contributed by atoms with Crippen molar-refractivity contribution in [3.05, 3.63) is 30.4 Å². The van der Waals surface area contributed by atoms with Crippen LogP contribution in [0.15, 0.2) is 29.3 Å². The third kappa shape index (κ3) is 1.64. The fraction of sp³-hybridized carbons (Fsp3) is 0.300. The number of nitrogens with zero attached hydrogens (tertiary/aromatic N) is 3. The molecular formula is C10H11N3O. The summed E-state index contributed by atoms with van der Waals surface area (Å²) in [5.74, 6) is 1.09. The summed E-state index contributed by atoms with van der Waals surface area (Å²) in [4.78, 5) is 3.84. The number of hydrogen-bond acceptors (Lipinski definition) is 4. The van der Waals surface area contributed by atoms with Crippen LogP contribution >= 0.6 is 0 Å². The fourth-order valence-electron chi connectivity index (χ4n) is 1.16. The molecule has 72 valence electrons. The Morgan fingerprint density at radius 2 is 2.14 bits per heavy atom. The maximum absolute atomic E-state index is 5.14. The average Bonchev–Trinajstić information content (AvgIpc) is 2.71. The smallest absolute Gasteiger partial charge is 0.181 e. The molecule has 2 aromatic heterocycles. The molecule has 2 rings (SSSR count). The van der Waals surface area contributed by atoms with E-state index < -0.39 is 0 Å². The minimum atomic E-state index is 0.437. The minimum absolute atomic E-state index is 0.437. The van der Waals surface area contributed by atoms with E-state index in [-0.39, 0.29) is 0 Å². The molecule has 0 saturated heterocycles. The van der Waals surface area contributed by atoms with Gasteiger partial charge in [0.25, 0.3) is 0 Å². The summed E-state index contributed by atoms with van der Waals surface area (Å²) in [6.07, 6.45) is 4.79. The van der Waals surface area contributed by atoms with Crippen molar-refractivity contribution in [2.24, 2.45) is 0 Å². The van der Waals surface area contributed by atoms with E-state index in [1.165, 1.54) is 6.39 Å². The second-order valence-electron chi connectivity index (χ2n) is 3.39. The molecule has 0 spiro atoms. The lowest BCUT2D eigenvalue weighted by Gasteiger charge is -2.03. The molecule has 0 atom stereocenters. The minimum Gasteiger partial charge on any atom is -0.442 e. The number of hydrogen-bond donors (Lipinski definition) is 0. The highest BCUT2D eigenvalue weighted by Gasteiger charge is 2.06. The van der Waals surface area contributed by atoms with Gasteiger partial charge in [-0.25, -0.2) is 4.98 Å². The molecule has 4 nitrogen and oxygen atoms in total. The summed E-state index contributed by atoms with van der Waals surface area (Å²) in [7, 11) is 0.